The summed E-state index contributed by atoms with van der Waals surface area (Å²) < 4.78 is 5.19. The summed E-state index contributed by atoms with van der Waals surface area (Å²) >= 11 is 0. The molecule has 2 fully saturated rings. The summed E-state index contributed by atoms with van der Waals surface area (Å²) in [5, 5.41) is 4.69. The Hall–Kier alpha value is -3.43. The molecule has 5 amide bonds. The first kappa shape index (κ1) is 19.9. The third-order valence-corrected chi connectivity index (χ3v) is 5.52. The van der Waals surface area contributed by atoms with Crippen LogP contribution in [0.15, 0.2) is 24.3 Å². The van der Waals surface area contributed by atoms with Gasteiger partial charge in [0, 0.05) is 25.4 Å². The topological polar surface area (TPSA) is 125 Å². The minimum absolute atomic E-state index is 0.0579. The predicted molar refractivity (Wildman–Crippen MR) is 103 cm³/mol. The second-order valence-electron chi connectivity index (χ2n) is 7.48. The van der Waals surface area contributed by atoms with Gasteiger partial charge in [-0.3, -0.25) is 24.6 Å². The fourth-order valence-electron chi connectivity index (χ4n) is 4.03. The van der Waals surface area contributed by atoms with Crippen molar-refractivity contribution in [1.29, 1.82) is 0 Å². The summed E-state index contributed by atoms with van der Waals surface area (Å²) in [6, 6.07) is 6.01. The van der Waals surface area contributed by atoms with Crippen LogP contribution in [0.25, 0.3) is 0 Å². The Labute approximate surface area is 172 Å². The summed E-state index contributed by atoms with van der Waals surface area (Å²) in [6.07, 6.45) is 1.85. The minimum atomic E-state index is -1.65. The molecule has 1 saturated heterocycles. The number of urea groups is 1. The summed E-state index contributed by atoms with van der Waals surface area (Å²) in [6.45, 7) is 1.17. The summed E-state index contributed by atoms with van der Waals surface area (Å²) in [5.74, 6) is -2.36. The van der Waals surface area contributed by atoms with E-state index in [4.69, 9.17) is 4.74 Å². The van der Waals surface area contributed by atoms with E-state index in [2.05, 4.69) is 10.6 Å². The van der Waals surface area contributed by atoms with E-state index in [1.165, 1.54) is 9.80 Å². The molecule has 30 heavy (non-hydrogen) atoms. The number of rotatable bonds is 5. The number of imide groups is 1. The first-order valence-electron chi connectivity index (χ1n) is 9.90. The fraction of sp³-hybridized carbons (Fsp3) is 0.450. The predicted octanol–water partition coefficient (Wildman–Crippen LogP) is 0.517. The quantitative estimate of drug-likeness (QED) is 0.677. The first-order valence-corrected chi connectivity index (χ1v) is 9.90. The first-order chi connectivity index (χ1) is 14.4. The minimum Gasteiger partial charge on any atom is -0.452 e. The van der Waals surface area contributed by atoms with Crippen molar-refractivity contribution < 1.29 is 28.7 Å². The van der Waals surface area contributed by atoms with Gasteiger partial charge in [0.2, 0.25) is 11.6 Å². The lowest BCUT2D eigenvalue weighted by Gasteiger charge is -2.47. The van der Waals surface area contributed by atoms with Crippen molar-refractivity contribution in [3.63, 3.8) is 0 Å². The zero-order chi connectivity index (χ0) is 21.5. The largest absolute Gasteiger partial charge is 0.452 e. The molecule has 10 heteroatoms. The molecule has 1 saturated carbocycles. The molecular formula is C20H22N4O6. The van der Waals surface area contributed by atoms with Gasteiger partial charge in [-0.2, -0.15) is 0 Å². The number of likely N-dealkylation sites (N-methyl/N-ethyl adjacent to an activating group) is 1. The Morgan fingerprint density at radius 3 is 2.63 bits per heavy atom. The van der Waals surface area contributed by atoms with Crippen LogP contribution in [0, 0.1) is 0 Å². The van der Waals surface area contributed by atoms with Crippen LogP contribution >= 0.6 is 0 Å². The summed E-state index contributed by atoms with van der Waals surface area (Å²) in [7, 11) is 0. The number of fused-ring (bicyclic) bond motifs is 3. The van der Waals surface area contributed by atoms with Gasteiger partial charge >= 0.3 is 12.0 Å². The lowest BCUT2D eigenvalue weighted by atomic mass is 9.96. The van der Waals surface area contributed by atoms with E-state index in [1.54, 1.807) is 31.2 Å². The third kappa shape index (κ3) is 3.17. The third-order valence-electron chi connectivity index (χ3n) is 5.52. The highest BCUT2D eigenvalue weighted by Gasteiger charge is 2.61. The van der Waals surface area contributed by atoms with Crippen LogP contribution in [0.1, 0.15) is 43.0 Å². The Kier molecular flexibility index (Phi) is 4.92. The molecule has 0 aromatic heterocycles. The maximum atomic E-state index is 13.2. The number of carbonyl (C=O) groups excluding carboxylic acids is 5. The van der Waals surface area contributed by atoms with Crippen molar-refractivity contribution in [3.05, 3.63) is 29.8 Å². The van der Waals surface area contributed by atoms with Gasteiger partial charge in [-0.05, 0) is 31.9 Å². The van der Waals surface area contributed by atoms with Crippen molar-refractivity contribution in [2.24, 2.45) is 0 Å². The van der Waals surface area contributed by atoms with Crippen LogP contribution in [0.2, 0.25) is 0 Å². The van der Waals surface area contributed by atoms with Crippen LogP contribution in [0.4, 0.5) is 10.5 Å². The number of nitrogens with zero attached hydrogens (tertiary/aromatic N) is 2. The van der Waals surface area contributed by atoms with Crippen LogP contribution < -0.4 is 15.5 Å². The molecule has 2 heterocycles. The molecule has 1 atom stereocenters. The van der Waals surface area contributed by atoms with E-state index in [0.29, 0.717) is 11.3 Å². The number of benzene rings is 1. The lowest BCUT2D eigenvalue weighted by molar-refractivity contribution is -0.159. The maximum Gasteiger partial charge on any atom is 0.354 e. The van der Waals surface area contributed by atoms with E-state index >= 15 is 0 Å². The van der Waals surface area contributed by atoms with Crippen LogP contribution in [-0.4, -0.2) is 59.5 Å². The van der Waals surface area contributed by atoms with Crippen molar-refractivity contribution >= 4 is 35.4 Å². The Morgan fingerprint density at radius 1 is 1.20 bits per heavy atom. The van der Waals surface area contributed by atoms with Gasteiger partial charge < -0.3 is 15.0 Å². The molecule has 3 aliphatic rings. The highest BCUT2D eigenvalue weighted by molar-refractivity contribution is 6.15. The SMILES string of the molecule is CCN1C(=O)c2ccccc2N2C(=O)CC[C@]12C(=O)OCC(=O)NC(=O)NC1CC1. The second-order valence-corrected chi connectivity index (χ2v) is 7.48. The monoisotopic (exact) mass is 414 g/mol. The van der Waals surface area contributed by atoms with Crippen LogP contribution in [-0.2, 0) is 19.1 Å². The number of ether oxygens (including phenoxy) is 1. The molecule has 2 N–H and O–H groups in total. The Bertz CT molecular complexity index is 943. The average Bonchev–Trinajstić information content (AvgIpc) is 3.47. The molecule has 0 unspecified atom stereocenters. The number of hydrogen-bond donors (Lipinski definition) is 2. The Balaban J connectivity index is 1.55. The molecule has 1 aliphatic carbocycles. The number of esters is 1. The maximum absolute atomic E-state index is 13.2. The molecule has 0 spiro atoms. The zero-order valence-corrected chi connectivity index (χ0v) is 16.5. The normalized spacial score (nSPS) is 22.3. The summed E-state index contributed by atoms with van der Waals surface area (Å²) in [4.78, 5) is 65.2. The van der Waals surface area contributed by atoms with Gasteiger partial charge in [0.25, 0.3) is 11.8 Å². The number of nitrogens with one attached hydrogen (secondary N) is 2. The number of para-hydroxylation sites is 1. The number of amides is 5. The molecular weight excluding hydrogens is 392 g/mol. The van der Waals surface area contributed by atoms with Crippen LogP contribution in [0.3, 0.4) is 0 Å². The summed E-state index contributed by atoms with van der Waals surface area (Å²) in [5.41, 5.74) is -0.971. The van der Waals surface area contributed by atoms with Gasteiger partial charge in [-0.25, -0.2) is 9.59 Å². The second kappa shape index (κ2) is 7.43. The molecule has 4 rings (SSSR count). The van der Waals surface area contributed by atoms with Gasteiger partial charge in [0.15, 0.2) is 6.61 Å². The van der Waals surface area contributed by atoms with Gasteiger partial charge in [0.1, 0.15) is 0 Å². The molecule has 0 radical (unpaired) electrons. The van der Waals surface area contributed by atoms with Gasteiger partial charge in [-0.15, -0.1) is 0 Å². The van der Waals surface area contributed by atoms with Crippen molar-refractivity contribution in [2.45, 2.75) is 44.3 Å². The number of hydrogen-bond acceptors (Lipinski definition) is 6. The number of anilines is 1. The molecule has 1 aromatic rings. The zero-order valence-electron chi connectivity index (χ0n) is 16.5. The van der Waals surface area contributed by atoms with Crippen molar-refractivity contribution in [1.82, 2.24) is 15.5 Å². The van der Waals surface area contributed by atoms with E-state index in [9.17, 15) is 24.0 Å². The smallest absolute Gasteiger partial charge is 0.354 e. The van der Waals surface area contributed by atoms with Gasteiger partial charge in [0.05, 0.1) is 11.3 Å². The van der Waals surface area contributed by atoms with E-state index in [-0.39, 0.29) is 37.2 Å². The molecule has 2 aliphatic heterocycles. The Morgan fingerprint density at radius 2 is 1.93 bits per heavy atom. The molecule has 10 nitrogen and oxygen atoms in total. The molecule has 158 valence electrons. The van der Waals surface area contributed by atoms with E-state index < -0.39 is 30.2 Å². The number of carbonyl (C=O) groups is 5. The van der Waals surface area contributed by atoms with Gasteiger partial charge in [-0.1, -0.05) is 12.1 Å². The van der Waals surface area contributed by atoms with Crippen LogP contribution in [0.5, 0.6) is 0 Å². The van der Waals surface area contributed by atoms with E-state index in [0.717, 1.165) is 12.8 Å². The highest BCUT2D eigenvalue weighted by atomic mass is 16.5. The highest BCUT2D eigenvalue weighted by Crippen LogP contribution is 2.44. The average molecular weight is 414 g/mol. The fourth-order valence-corrected chi connectivity index (χ4v) is 4.03. The molecule has 1 aromatic carbocycles. The molecule has 0 bridgehead atoms. The van der Waals surface area contributed by atoms with Crippen molar-refractivity contribution in [2.75, 3.05) is 18.1 Å². The lowest BCUT2D eigenvalue weighted by Crippen LogP contribution is -2.68. The van der Waals surface area contributed by atoms with E-state index in [1.807, 2.05) is 0 Å². The standard InChI is InChI=1S/C20H22N4O6/c1-2-23-17(27)13-5-3-4-6-14(13)24-16(26)9-10-20(23,24)18(28)30-11-15(25)22-19(29)21-12-7-8-12/h3-6,12H,2,7-11H2,1H3,(H2,21,22,25,29)/t20-/m0/s1. The van der Waals surface area contributed by atoms with Crippen molar-refractivity contribution in [3.8, 4) is 0 Å².